The summed E-state index contributed by atoms with van der Waals surface area (Å²) in [7, 11) is 1.40. The smallest absolute Gasteiger partial charge is 0.315 e. The van der Waals surface area contributed by atoms with E-state index in [4.69, 9.17) is 0 Å². The average Bonchev–Trinajstić information content (AvgIpc) is 2.16. The molecule has 0 fully saturated rings. The maximum Gasteiger partial charge on any atom is 0.315 e. The Bertz CT molecular complexity index is 250. The van der Waals surface area contributed by atoms with Crippen LogP contribution in [0.3, 0.4) is 0 Å². The van der Waals surface area contributed by atoms with Gasteiger partial charge in [-0.3, -0.25) is 4.79 Å². The molecule has 5 heteroatoms. The van der Waals surface area contributed by atoms with Crippen molar-refractivity contribution in [3.05, 3.63) is 30.3 Å². The molecule has 0 spiro atoms. The molecule has 0 bridgehead atoms. The molecule has 1 aromatic carbocycles. The van der Waals surface area contributed by atoms with E-state index in [2.05, 4.69) is 4.74 Å². The number of esters is 1. The molecule has 4 N–H and O–H groups in total. The van der Waals surface area contributed by atoms with Gasteiger partial charge in [-0.15, -0.1) is 11.8 Å². The molecule has 0 aliphatic rings. The Hall–Kier alpha value is -1.04. The van der Waals surface area contributed by atoms with Crippen LogP contribution < -0.4 is 0 Å². The van der Waals surface area contributed by atoms with Gasteiger partial charge in [-0.1, -0.05) is 18.2 Å². The number of benzene rings is 1. The lowest BCUT2D eigenvalue weighted by Crippen LogP contribution is -2.02. The molecule has 14 heavy (non-hydrogen) atoms. The summed E-state index contributed by atoms with van der Waals surface area (Å²) in [5.74, 6) is 0.185. The van der Waals surface area contributed by atoms with Gasteiger partial charge in [0.05, 0.1) is 12.9 Å². The fourth-order valence-electron chi connectivity index (χ4n) is 0.718. The molecule has 0 saturated carbocycles. The van der Waals surface area contributed by atoms with Crippen LogP contribution in [0, 0.1) is 0 Å². The number of carbonyl (C=O) groups excluding carboxylic acids is 1. The molecular formula is C9H14O4S. The summed E-state index contributed by atoms with van der Waals surface area (Å²) < 4.78 is 4.51. The standard InChI is InChI=1S/C9H10O2S.2H2O/c1-11-9(10)7-12-8-5-3-2-4-6-8;;/h2-6H,7H2,1H3;2*1H2. The zero-order valence-corrected chi connectivity index (χ0v) is 8.64. The number of rotatable bonds is 3. The summed E-state index contributed by atoms with van der Waals surface area (Å²) in [6.07, 6.45) is 0. The first-order chi connectivity index (χ1) is 5.83. The molecule has 0 aliphatic heterocycles. The lowest BCUT2D eigenvalue weighted by Gasteiger charge is -1.98. The third-order valence-corrected chi connectivity index (χ3v) is 2.31. The van der Waals surface area contributed by atoms with Gasteiger partial charge in [0.25, 0.3) is 0 Å². The molecule has 0 aromatic heterocycles. The van der Waals surface area contributed by atoms with E-state index in [0.717, 1.165) is 4.90 Å². The van der Waals surface area contributed by atoms with Crippen LogP contribution in [0.25, 0.3) is 0 Å². The predicted octanol–water partition coefficient (Wildman–Crippen LogP) is 0.302. The van der Waals surface area contributed by atoms with Crippen LogP contribution in [0.4, 0.5) is 0 Å². The number of thioether (sulfide) groups is 1. The van der Waals surface area contributed by atoms with Crippen LogP contribution in [0.1, 0.15) is 0 Å². The van der Waals surface area contributed by atoms with Crippen LogP contribution >= 0.6 is 11.8 Å². The first-order valence-corrected chi connectivity index (χ1v) is 4.56. The van der Waals surface area contributed by atoms with Gasteiger partial charge >= 0.3 is 5.97 Å². The van der Waals surface area contributed by atoms with Gasteiger partial charge in [0.1, 0.15) is 0 Å². The Morgan fingerprint density at radius 3 is 2.36 bits per heavy atom. The summed E-state index contributed by atoms with van der Waals surface area (Å²) >= 11 is 1.48. The van der Waals surface area contributed by atoms with E-state index in [1.165, 1.54) is 18.9 Å². The molecule has 4 nitrogen and oxygen atoms in total. The number of methoxy groups -OCH3 is 1. The number of hydrogen-bond acceptors (Lipinski definition) is 3. The molecule has 0 atom stereocenters. The highest BCUT2D eigenvalue weighted by Gasteiger charge is 2.00. The second-order valence-electron chi connectivity index (χ2n) is 2.18. The Balaban J connectivity index is 0. The predicted molar refractivity (Wildman–Crippen MR) is 56.4 cm³/mol. The van der Waals surface area contributed by atoms with Crippen molar-refractivity contribution in [2.45, 2.75) is 4.90 Å². The summed E-state index contributed by atoms with van der Waals surface area (Å²) in [6, 6.07) is 9.77. The molecule has 0 saturated heterocycles. The minimum Gasteiger partial charge on any atom is -0.468 e. The van der Waals surface area contributed by atoms with Gasteiger partial charge in [0.15, 0.2) is 0 Å². The highest BCUT2D eigenvalue weighted by atomic mass is 32.2. The summed E-state index contributed by atoms with van der Waals surface area (Å²) in [5, 5.41) is 0. The molecule has 1 rings (SSSR count). The minimum atomic E-state index is -0.191. The Labute approximate surface area is 86.9 Å². The van der Waals surface area contributed by atoms with Crippen LogP contribution in [-0.2, 0) is 9.53 Å². The van der Waals surface area contributed by atoms with E-state index in [-0.39, 0.29) is 16.9 Å². The first kappa shape index (κ1) is 15.4. The van der Waals surface area contributed by atoms with Crippen LogP contribution in [0.5, 0.6) is 0 Å². The van der Waals surface area contributed by atoms with E-state index >= 15 is 0 Å². The minimum absolute atomic E-state index is 0. The normalized spacial score (nSPS) is 8.07. The van der Waals surface area contributed by atoms with E-state index in [9.17, 15) is 4.79 Å². The fourth-order valence-corrected chi connectivity index (χ4v) is 1.47. The average molecular weight is 218 g/mol. The van der Waals surface area contributed by atoms with Crippen LogP contribution in [0.2, 0.25) is 0 Å². The van der Waals surface area contributed by atoms with E-state index in [0.29, 0.717) is 5.75 Å². The zero-order valence-electron chi connectivity index (χ0n) is 7.82. The molecule has 1 aromatic rings. The van der Waals surface area contributed by atoms with Crippen molar-refractivity contribution < 1.29 is 20.5 Å². The van der Waals surface area contributed by atoms with Gasteiger partial charge in [-0.05, 0) is 12.1 Å². The Morgan fingerprint density at radius 1 is 1.29 bits per heavy atom. The summed E-state index contributed by atoms with van der Waals surface area (Å²) in [4.78, 5) is 11.8. The third kappa shape index (κ3) is 5.58. The second kappa shape index (κ2) is 8.55. The highest BCUT2D eigenvalue weighted by molar-refractivity contribution is 8.00. The lowest BCUT2D eigenvalue weighted by molar-refractivity contribution is -0.137. The fraction of sp³-hybridized carbons (Fsp3) is 0.222. The molecule has 0 unspecified atom stereocenters. The van der Waals surface area contributed by atoms with Crippen molar-refractivity contribution in [3.8, 4) is 0 Å². The number of carbonyl (C=O) groups is 1. The molecular weight excluding hydrogens is 204 g/mol. The first-order valence-electron chi connectivity index (χ1n) is 3.57. The molecule has 0 heterocycles. The summed E-state index contributed by atoms with van der Waals surface area (Å²) in [5.41, 5.74) is 0. The summed E-state index contributed by atoms with van der Waals surface area (Å²) in [6.45, 7) is 0. The SMILES string of the molecule is COC(=O)CSc1ccccc1.O.O. The van der Waals surface area contributed by atoms with Gasteiger partial charge in [0, 0.05) is 4.90 Å². The number of hydrogen-bond donors (Lipinski definition) is 0. The topological polar surface area (TPSA) is 89.3 Å². The van der Waals surface area contributed by atoms with Crippen molar-refractivity contribution >= 4 is 17.7 Å². The highest BCUT2D eigenvalue weighted by Crippen LogP contribution is 2.16. The third-order valence-electron chi connectivity index (χ3n) is 1.33. The molecule has 0 radical (unpaired) electrons. The number of ether oxygens (including phenoxy) is 1. The Morgan fingerprint density at radius 2 is 1.86 bits per heavy atom. The van der Waals surface area contributed by atoms with Crippen molar-refractivity contribution in [1.29, 1.82) is 0 Å². The zero-order chi connectivity index (χ0) is 8.81. The molecule has 80 valence electrons. The Kier molecular flexibility index (Phi) is 9.43. The van der Waals surface area contributed by atoms with Crippen molar-refractivity contribution in [3.63, 3.8) is 0 Å². The van der Waals surface area contributed by atoms with Crippen molar-refractivity contribution in [2.24, 2.45) is 0 Å². The van der Waals surface area contributed by atoms with Crippen LogP contribution in [0.15, 0.2) is 35.2 Å². The van der Waals surface area contributed by atoms with E-state index in [1.807, 2.05) is 30.3 Å². The molecule has 0 amide bonds. The van der Waals surface area contributed by atoms with Crippen molar-refractivity contribution in [1.82, 2.24) is 0 Å². The lowest BCUT2D eigenvalue weighted by atomic mass is 10.4. The maximum atomic E-state index is 10.7. The van der Waals surface area contributed by atoms with E-state index in [1.54, 1.807) is 0 Å². The largest absolute Gasteiger partial charge is 0.468 e. The molecule has 0 aliphatic carbocycles. The van der Waals surface area contributed by atoms with Gasteiger partial charge < -0.3 is 15.7 Å². The van der Waals surface area contributed by atoms with Gasteiger partial charge in [0.2, 0.25) is 0 Å². The van der Waals surface area contributed by atoms with Crippen LogP contribution in [-0.4, -0.2) is 29.8 Å². The van der Waals surface area contributed by atoms with E-state index < -0.39 is 0 Å². The maximum absolute atomic E-state index is 10.7. The second-order valence-corrected chi connectivity index (χ2v) is 3.23. The van der Waals surface area contributed by atoms with Gasteiger partial charge in [-0.2, -0.15) is 0 Å². The van der Waals surface area contributed by atoms with Gasteiger partial charge in [-0.25, -0.2) is 0 Å². The van der Waals surface area contributed by atoms with Crippen molar-refractivity contribution in [2.75, 3.05) is 12.9 Å². The monoisotopic (exact) mass is 218 g/mol. The quantitative estimate of drug-likeness (QED) is 0.540.